The third kappa shape index (κ3) is 4.06. The molecule has 0 spiro atoms. The van der Waals surface area contributed by atoms with Crippen molar-refractivity contribution in [2.24, 2.45) is 0 Å². The molecule has 0 saturated carbocycles. The van der Waals surface area contributed by atoms with Crippen LogP contribution in [0.15, 0.2) is 24.3 Å². The second kappa shape index (κ2) is 7.72. The molecule has 120 valence electrons. The molecule has 3 rings (SSSR count). The normalized spacial score (nSPS) is 17.3. The van der Waals surface area contributed by atoms with Gasteiger partial charge in [0, 0.05) is 32.8 Å². The van der Waals surface area contributed by atoms with Crippen molar-refractivity contribution in [1.82, 2.24) is 19.8 Å². The molecule has 0 atom stereocenters. The van der Waals surface area contributed by atoms with Crippen LogP contribution in [0.4, 0.5) is 0 Å². The molecule has 2 N–H and O–H groups in total. The van der Waals surface area contributed by atoms with Crippen molar-refractivity contribution in [1.29, 1.82) is 0 Å². The van der Waals surface area contributed by atoms with Crippen LogP contribution >= 0.6 is 0 Å². The Labute approximate surface area is 131 Å². The van der Waals surface area contributed by atoms with Gasteiger partial charge >= 0.3 is 0 Å². The number of nitrogens with zero attached hydrogens (tertiary/aromatic N) is 3. The molecule has 1 aliphatic rings. The zero-order valence-electron chi connectivity index (χ0n) is 13.2. The molecule has 1 aromatic carbocycles. The molecule has 2 aromatic rings. The number of piperazine rings is 1. The number of para-hydroxylation sites is 2. The van der Waals surface area contributed by atoms with Crippen LogP contribution in [-0.4, -0.2) is 64.2 Å². The molecular formula is C17H26N4O. The molecule has 1 saturated heterocycles. The Morgan fingerprint density at radius 1 is 1.00 bits per heavy atom. The van der Waals surface area contributed by atoms with Crippen molar-refractivity contribution < 1.29 is 5.11 Å². The Morgan fingerprint density at radius 3 is 2.55 bits per heavy atom. The molecule has 5 nitrogen and oxygen atoms in total. The Balaban J connectivity index is 1.43. The molecule has 5 heteroatoms. The number of aromatic amines is 1. The average Bonchev–Trinajstić information content (AvgIpc) is 2.95. The predicted octanol–water partition coefficient (Wildman–Crippen LogP) is 1.84. The lowest BCUT2D eigenvalue weighted by molar-refractivity contribution is 0.123. The second-order valence-electron chi connectivity index (χ2n) is 6.10. The Morgan fingerprint density at radius 2 is 1.77 bits per heavy atom. The first kappa shape index (κ1) is 15.5. The van der Waals surface area contributed by atoms with Crippen LogP contribution in [0.1, 0.15) is 25.1 Å². The summed E-state index contributed by atoms with van der Waals surface area (Å²) in [6.07, 6.45) is 3.27. The van der Waals surface area contributed by atoms with E-state index in [0.29, 0.717) is 6.61 Å². The van der Waals surface area contributed by atoms with E-state index < -0.39 is 0 Å². The number of imidazole rings is 1. The van der Waals surface area contributed by atoms with E-state index in [1.165, 1.54) is 13.0 Å². The molecule has 2 heterocycles. The molecule has 1 fully saturated rings. The van der Waals surface area contributed by atoms with E-state index in [9.17, 15) is 0 Å². The minimum atomic E-state index is 0.325. The highest BCUT2D eigenvalue weighted by Gasteiger charge is 2.17. The van der Waals surface area contributed by atoms with E-state index >= 15 is 0 Å². The molecule has 1 aliphatic heterocycles. The fourth-order valence-corrected chi connectivity index (χ4v) is 3.09. The van der Waals surface area contributed by atoms with E-state index in [1.54, 1.807) is 0 Å². The van der Waals surface area contributed by atoms with Crippen LogP contribution < -0.4 is 0 Å². The first-order chi connectivity index (χ1) is 10.8. The topological polar surface area (TPSA) is 55.4 Å². The summed E-state index contributed by atoms with van der Waals surface area (Å²) in [5.41, 5.74) is 2.18. The van der Waals surface area contributed by atoms with Crippen molar-refractivity contribution in [2.75, 3.05) is 39.3 Å². The molecule has 22 heavy (non-hydrogen) atoms. The van der Waals surface area contributed by atoms with Gasteiger partial charge in [0.2, 0.25) is 0 Å². The lowest BCUT2D eigenvalue weighted by Crippen LogP contribution is -2.46. The van der Waals surface area contributed by atoms with Gasteiger partial charge in [-0.3, -0.25) is 4.90 Å². The Bertz CT molecular complexity index is 542. The van der Waals surface area contributed by atoms with Crippen LogP contribution in [-0.2, 0) is 6.54 Å². The van der Waals surface area contributed by atoms with E-state index in [-0.39, 0.29) is 0 Å². The van der Waals surface area contributed by atoms with Crippen LogP contribution in [0, 0.1) is 0 Å². The largest absolute Gasteiger partial charge is 0.396 e. The third-order valence-electron chi connectivity index (χ3n) is 4.41. The maximum atomic E-state index is 8.80. The first-order valence-corrected chi connectivity index (χ1v) is 8.34. The summed E-state index contributed by atoms with van der Waals surface area (Å²) in [6, 6.07) is 8.21. The summed E-state index contributed by atoms with van der Waals surface area (Å²) in [7, 11) is 0. The van der Waals surface area contributed by atoms with Crippen LogP contribution in [0.2, 0.25) is 0 Å². The highest BCUT2D eigenvalue weighted by Crippen LogP contribution is 2.13. The number of benzene rings is 1. The monoisotopic (exact) mass is 302 g/mol. The second-order valence-corrected chi connectivity index (χ2v) is 6.10. The van der Waals surface area contributed by atoms with Gasteiger partial charge in [-0.15, -0.1) is 0 Å². The smallest absolute Gasteiger partial charge is 0.121 e. The van der Waals surface area contributed by atoms with Gasteiger partial charge in [0.05, 0.1) is 17.6 Å². The van der Waals surface area contributed by atoms with Crippen molar-refractivity contribution in [3.63, 3.8) is 0 Å². The zero-order chi connectivity index (χ0) is 15.2. The maximum Gasteiger partial charge on any atom is 0.121 e. The summed E-state index contributed by atoms with van der Waals surface area (Å²) >= 11 is 0. The van der Waals surface area contributed by atoms with Crippen molar-refractivity contribution in [2.45, 2.75) is 25.8 Å². The maximum absolute atomic E-state index is 8.80. The number of hydrogen-bond acceptors (Lipinski definition) is 4. The van der Waals surface area contributed by atoms with Crippen LogP contribution in [0.25, 0.3) is 11.0 Å². The van der Waals surface area contributed by atoms with E-state index in [4.69, 9.17) is 5.11 Å². The van der Waals surface area contributed by atoms with Gasteiger partial charge in [-0.1, -0.05) is 12.1 Å². The van der Waals surface area contributed by atoms with Crippen LogP contribution in [0.3, 0.4) is 0 Å². The Kier molecular flexibility index (Phi) is 5.43. The number of rotatable bonds is 7. The summed E-state index contributed by atoms with van der Waals surface area (Å²) in [5, 5.41) is 8.80. The number of aliphatic hydroxyl groups excluding tert-OH is 1. The highest BCUT2D eigenvalue weighted by molar-refractivity contribution is 5.74. The molecule has 0 unspecified atom stereocenters. The standard InChI is InChI=1S/C17H26N4O/c22-13-5-1-4-8-20-9-11-21(12-10-20)14-17-18-15-6-2-3-7-16(15)19-17/h2-3,6-7,22H,1,4-5,8-14H2,(H,18,19). The number of fused-ring (bicyclic) bond motifs is 1. The minimum absolute atomic E-state index is 0.325. The van der Waals surface area contributed by atoms with Crippen molar-refractivity contribution in [3.05, 3.63) is 30.1 Å². The minimum Gasteiger partial charge on any atom is -0.396 e. The lowest BCUT2D eigenvalue weighted by Gasteiger charge is -2.34. The number of aliphatic hydroxyl groups is 1. The average molecular weight is 302 g/mol. The third-order valence-corrected chi connectivity index (χ3v) is 4.41. The number of aromatic nitrogens is 2. The molecule has 0 aliphatic carbocycles. The van der Waals surface area contributed by atoms with Crippen molar-refractivity contribution >= 4 is 11.0 Å². The fourth-order valence-electron chi connectivity index (χ4n) is 3.09. The van der Waals surface area contributed by atoms with Gasteiger partial charge in [-0.25, -0.2) is 4.98 Å². The quantitative estimate of drug-likeness (QED) is 0.766. The highest BCUT2D eigenvalue weighted by atomic mass is 16.2. The van der Waals surface area contributed by atoms with E-state index in [2.05, 4.69) is 31.9 Å². The summed E-state index contributed by atoms with van der Waals surface area (Å²) in [4.78, 5) is 13.1. The van der Waals surface area contributed by atoms with E-state index in [1.807, 2.05) is 12.1 Å². The summed E-state index contributed by atoms with van der Waals surface area (Å²) in [5.74, 6) is 1.07. The Hall–Kier alpha value is -1.43. The van der Waals surface area contributed by atoms with Gasteiger partial charge in [0.1, 0.15) is 5.82 Å². The fraction of sp³-hybridized carbons (Fsp3) is 0.588. The summed E-state index contributed by atoms with van der Waals surface area (Å²) < 4.78 is 0. The number of unbranched alkanes of at least 4 members (excludes halogenated alkanes) is 2. The SMILES string of the molecule is OCCCCCN1CCN(Cc2nc3ccccc3[nH]2)CC1. The van der Waals surface area contributed by atoms with Gasteiger partial charge in [0.25, 0.3) is 0 Å². The molecule has 0 bridgehead atoms. The number of hydrogen-bond donors (Lipinski definition) is 2. The van der Waals surface area contributed by atoms with Gasteiger partial charge in [-0.2, -0.15) is 0 Å². The van der Waals surface area contributed by atoms with Gasteiger partial charge < -0.3 is 15.0 Å². The number of H-pyrrole nitrogens is 1. The van der Waals surface area contributed by atoms with Crippen molar-refractivity contribution in [3.8, 4) is 0 Å². The summed E-state index contributed by atoms with van der Waals surface area (Å²) in [6.45, 7) is 6.89. The van der Waals surface area contributed by atoms with Gasteiger partial charge in [-0.05, 0) is 37.9 Å². The predicted molar refractivity (Wildman–Crippen MR) is 88.7 cm³/mol. The van der Waals surface area contributed by atoms with E-state index in [0.717, 1.165) is 62.4 Å². The lowest BCUT2D eigenvalue weighted by atomic mass is 10.2. The van der Waals surface area contributed by atoms with Crippen LogP contribution in [0.5, 0.6) is 0 Å². The van der Waals surface area contributed by atoms with Gasteiger partial charge in [0.15, 0.2) is 0 Å². The molecule has 1 aromatic heterocycles. The zero-order valence-corrected chi connectivity index (χ0v) is 13.2. The molecule has 0 amide bonds. The number of nitrogens with one attached hydrogen (secondary N) is 1. The molecule has 0 radical (unpaired) electrons. The first-order valence-electron chi connectivity index (χ1n) is 8.34. The molecular weight excluding hydrogens is 276 g/mol.